The van der Waals surface area contributed by atoms with Gasteiger partial charge < -0.3 is 23.7 Å². The minimum atomic E-state index is -3.40. The van der Waals surface area contributed by atoms with E-state index in [2.05, 4.69) is 11.1 Å². The minimum Gasteiger partial charge on any atom is -0.379 e. The van der Waals surface area contributed by atoms with Gasteiger partial charge in [-0.3, -0.25) is 4.18 Å². The van der Waals surface area contributed by atoms with Crippen LogP contribution in [-0.4, -0.2) is 87.3 Å². The zero-order valence-corrected chi connectivity index (χ0v) is 18.3. The zero-order valence-electron chi connectivity index (χ0n) is 17.4. The molecule has 1 fully saturated rings. The molecule has 0 unspecified atom stereocenters. The third-order valence-electron chi connectivity index (χ3n) is 4.50. The van der Waals surface area contributed by atoms with E-state index in [4.69, 9.17) is 23.7 Å². The van der Waals surface area contributed by atoms with Gasteiger partial charge in [0.25, 0.3) is 10.1 Å². The molecule has 1 rings (SSSR count). The molecule has 0 atom stereocenters. The second-order valence-electron chi connectivity index (χ2n) is 7.18. The summed E-state index contributed by atoms with van der Waals surface area (Å²) in [6.07, 6.45) is 6.26. The quantitative estimate of drug-likeness (QED) is 0.242. The summed E-state index contributed by atoms with van der Waals surface area (Å²) in [4.78, 5) is 0. The average Bonchev–Trinajstić information content (AvgIpc) is 2.65. The predicted molar refractivity (Wildman–Crippen MR) is 106 cm³/mol. The molecule has 0 spiro atoms. The smallest absolute Gasteiger partial charge is 0.264 e. The molecule has 9 heteroatoms. The Labute approximate surface area is 170 Å². The molecule has 0 aliphatic heterocycles. The first kappa shape index (κ1) is 25.7. The molecule has 1 aliphatic rings. The first-order chi connectivity index (χ1) is 13.5. The largest absolute Gasteiger partial charge is 0.379 e. The van der Waals surface area contributed by atoms with Gasteiger partial charge >= 0.3 is 0 Å². The predicted octanol–water partition coefficient (Wildman–Crippen LogP) is 1.87. The van der Waals surface area contributed by atoms with Crippen molar-refractivity contribution in [3.63, 3.8) is 0 Å². The summed E-state index contributed by atoms with van der Waals surface area (Å²) in [6.45, 7) is 7.54. The molecule has 0 aromatic rings. The number of ether oxygens (including phenoxy) is 5. The van der Waals surface area contributed by atoms with Crippen molar-refractivity contribution in [3.05, 3.63) is 0 Å². The van der Waals surface area contributed by atoms with Gasteiger partial charge in [-0.15, -0.1) is 0 Å². The van der Waals surface area contributed by atoms with Gasteiger partial charge in [0.1, 0.15) is 0 Å². The van der Waals surface area contributed by atoms with Crippen molar-refractivity contribution in [1.29, 1.82) is 0 Å². The molecule has 0 radical (unpaired) electrons. The van der Waals surface area contributed by atoms with E-state index in [1.165, 1.54) is 25.7 Å². The maximum Gasteiger partial charge on any atom is 0.264 e. The van der Waals surface area contributed by atoms with E-state index in [1.807, 2.05) is 0 Å². The van der Waals surface area contributed by atoms with Crippen LogP contribution in [0.1, 0.15) is 32.6 Å². The van der Waals surface area contributed by atoms with Crippen molar-refractivity contribution in [1.82, 2.24) is 0 Å². The molecule has 0 amide bonds. The SMILES string of the molecule is CC1CCC(COCCOCCOCCOCCOCCOS(C)(=O)=O)CC1. The zero-order chi connectivity index (χ0) is 20.5. The van der Waals surface area contributed by atoms with Crippen LogP contribution >= 0.6 is 0 Å². The third-order valence-corrected chi connectivity index (χ3v) is 5.10. The van der Waals surface area contributed by atoms with E-state index >= 15 is 0 Å². The molecule has 168 valence electrons. The average molecular weight is 427 g/mol. The van der Waals surface area contributed by atoms with E-state index in [1.54, 1.807) is 0 Å². The number of hydrogen-bond acceptors (Lipinski definition) is 8. The van der Waals surface area contributed by atoms with Gasteiger partial charge in [-0.05, 0) is 24.7 Å². The Balaban J connectivity index is 1.70. The monoisotopic (exact) mass is 426 g/mol. The molecule has 0 N–H and O–H groups in total. The van der Waals surface area contributed by atoms with Crippen LogP contribution < -0.4 is 0 Å². The highest BCUT2D eigenvalue weighted by Crippen LogP contribution is 2.28. The van der Waals surface area contributed by atoms with Crippen LogP contribution in [0, 0.1) is 11.8 Å². The summed E-state index contributed by atoms with van der Waals surface area (Å²) >= 11 is 0. The Hall–Kier alpha value is -0.290. The van der Waals surface area contributed by atoms with Crippen LogP contribution in [0.3, 0.4) is 0 Å². The number of rotatable bonds is 18. The molecule has 8 nitrogen and oxygen atoms in total. The normalized spacial score (nSPS) is 20.5. The van der Waals surface area contributed by atoms with E-state index < -0.39 is 10.1 Å². The van der Waals surface area contributed by atoms with Crippen molar-refractivity contribution in [3.8, 4) is 0 Å². The standard InChI is InChI=1S/C19H38O8S/c1-18-3-5-19(6-4-18)17-26-14-13-24-10-9-22-7-8-23-11-12-25-15-16-27-28(2,20)21/h18-19H,3-17H2,1-2H3. The summed E-state index contributed by atoms with van der Waals surface area (Å²) < 4.78 is 53.1. The maximum atomic E-state index is 10.7. The van der Waals surface area contributed by atoms with Gasteiger partial charge in [-0.1, -0.05) is 19.8 Å². The summed E-state index contributed by atoms with van der Waals surface area (Å²) in [5.74, 6) is 1.61. The van der Waals surface area contributed by atoms with Gasteiger partial charge in [-0.2, -0.15) is 8.42 Å². The van der Waals surface area contributed by atoms with Gasteiger partial charge in [0.15, 0.2) is 0 Å². The Bertz CT molecular complexity index is 449. The molecule has 0 aromatic carbocycles. The molecule has 0 aromatic heterocycles. The van der Waals surface area contributed by atoms with Crippen molar-refractivity contribution in [2.75, 3.05) is 78.9 Å². The lowest BCUT2D eigenvalue weighted by Gasteiger charge is -2.25. The van der Waals surface area contributed by atoms with Crippen molar-refractivity contribution in [2.24, 2.45) is 11.8 Å². The third kappa shape index (κ3) is 16.6. The van der Waals surface area contributed by atoms with E-state index in [0.717, 1.165) is 24.7 Å². The fraction of sp³-hybridized carbons (Fsp3) is 1.00. The van der Waals surface area contributed by atoms with Crippen LogP contribution in [0.25, 0.3) is 0 Å². The molecular weight excluding hydrogens is 388 g/mol. The van der Waals surface area contributed by atoms with Crippen LogP contribution in [0.15, 0.2) is 0 Å². The van der Waals surface area contributed by atoms with E-state index in [9.17, 15) is 8.42 Å². The summed E-state index contributed by atoms with van der Waals surface area (Å²) in [5.41, 5.74) is 0. The Morgan fingerprint density at radius 1 is 0.643 bits per heavy atom. The van der Waals surface area contributed by atoms with Crippen molar-refractivity contribution in [2.45, 2.75) is 32.6 Å². The Morgan fingerprint density at radius 2 is 1.04 bits per heavy atom. The van der Waals surface area contributed by atoms with Crippen molar-refractivity contribution >= 4 is 10.1 Å². The molecule has 1 saturated carbocycles. The lowest BCUT2D eigenvalue weighted by Crippen LogP contribution is -2.19. The first-order valence-corrected chi connectivity index (χ1v) is 12.0. The summed E-state index contributed by atoms with van der Waals surface area (Å²) in [5, 5.41) is 0. The second kappa shape index (κ2) is 16.5. The highest BCUT2D eigenvalue weighted by molar-refractivity contribution is 7.85. The Kier molecular flexibility index (Phi) is 15.2. The first-order valence-electron chi connectivity index (χ1n) is 10.2. The molecule has 0 heterocycles. The van der Waals surface area contributed by atoms with Gasteiger partial charge in [0.2, 0.25) is 0 Å². The van der Waals surface area contributed by atoms with Crippen LogP contribution in [0.2, 0.25) is 0 Å². The van der Waals surface area contributed by atoms with Crippen molar-refractivity contribution < 1.29 is 36.3 Å². The number of hydrogen-bond donors (Lipinski definition) is 0. The van der Waals surface area contributed by atoms with Crippen LogP contribution in [0.5, 0.6) is 0 Å². The topological polar surface area (TPSA) is 89.5 Å². The highest BCUT2D eigenvalue weighted by atomic mass is 32.2. The van der Waals surface area contributed by atoms with Crippen LogP contribution in [0.4, 0.5) is 0 Å². The lowest BCUT2D eigenvalue weighted by molar-refractivity contribution is -0.0162. The van der Waals surface area contributed by atoms with E-state index in [-0.39, 0.29) is 13.2 Å². The van der Waals surface area contributed by atoms with Gasteiger partial charge in [0.05, 0.1) is 72.3 Å². The maximum absolute atomic E-state index is 10.7. The molecule has 28 heavy (non-hydrogen) atoms. The van der Waals surface area contributed by atoms with Gasteiger partial charge in [-0.25, -0.2) is 0 Å². The van der Waals surface area contributed by atoms with E-state index in [0.29, 0.717) is 52.9 Å². The molecule has 1 aliphatic carbocycles. The fourth-order valence-corrected chi connectivity index (χ4v) is 3.24. The molecule has 0 bridgehead atoms. The summed E-state index contributed by atoms with van der Waals surface area (Å²) in [6, 6.07) is 0. The Morgan fingerprint density at radius 3 is 1.46 bits per heavy atom. The second-order valence-corrected chi connectivity index (χ2v) is 8.82. The highest BCUT2D eigenvalue weighted by Gasteiger charge is 2.17. The van der Waals surface area contributed by atoms with Gasteiger partial charge in [0, 0.05) is 6.61 Å². The lowest BCUT2D eigenvalue weighted by atomic mass is 9.83. The fourth-order valence-electron chi connectivity index (χ4n) is 2.87. The minimum absolute atomic E-state index is 0.0207. The van der Waals surface area contributed by atoms with Crippen LogP contribution in [-0.2, 0) is 38.0 Å². The molecular formula is C19H38O8S. The molecule has 0 saturated heterocycles. The summed E-state index contributed by atoms with van der Waals surface area (Å²) in [7, 11) is -3.40.